The third kappa shape index (κ3) is 5.89. The van der Waals surface area contributed by atoms with Crippen LogP contribution in [-0.2, 0) is 0 Å². The molecule has 3 amide bonds. The first kappa shape index (κ1) is 31.8. The smallest absolute Gasteiger partial charge is 0.343 e. The van der Waals surface area contributed by atoms with Crippen LogP contribution in [0, 0.1) is 0 Å². The Morgan fingerprint density at radius 2 is 1.18 bits per heavy atom. The summed E-state index contributed by atoms with van der Waals surface area (Å²) in [7, 11) is 0. The summed E-state index contributed by atoms with van der Waals surface area (Å²) < 4.78 is 5.34. The van der Waals surface area contributed by atoms with Crippen LogP contribution in [0.3, 0.4) is 0 Å². The molecule has 14 heteroatoms. The second-order valence-electron chi connectivity index (χ2n) is 9.12. The average Bonchev–Trinajstić information content (AvgIpc) is 3.28. The van der Waals surface area contributed by atoms with Crippen LogP contribution >= 0.6 is 69.6 Å². The molecular formula is C30H14Cl6N2O6. The predicted molar refractivity (Wildman–Crippen MR) is 167 cm³/mol. The van der Waals surface area contributed by atoms with Gasteiger partial charge in [0.1, 0.15) is 12.3 Å². The molecule has 8 nitrogen and oxygen atoms in total. The number of Topliss-reactive ketones (excluding diaryl/α,β-unsaturated/α-hetero) is 1. The van der Waals surface area contributed by atoms with E-state index >= 15 is 0 Å². The van der Waals surface area contributed by atoms with Gasteiger partial charge in [-0.15, -0.1) is 0 Å². The summed E-state index contributed by atoms with van der Waals surface area (Å²) in [4.78, 5) is 66.8. The van der Waals surface area contributed by atoms with Crippen molar-refractivity contribution in [1.82, 2.24) is 10.0 Å². The van der Waals surface area contributed by atoms with Crippen LogP contribution in [0.2, 0.25) is 30.1 Å². The maximum Gasteiger partial charge on any atom is 0.343 e. The van der Waals surface area contributed by atoms with E-state index in [1.807, 2.05) is 0 Å². The fourth-order valence-electron chi connectivity index (χ4n) is 4.24. The minimum Gasteiger partial charge on any atom is -0.423 e. The lowest BCUT2D eigenvalue weighted by Gasteiger charge is -2.29. The van der Waals surface area contributed by atoms with Crippen LogP contribution in [0.5, 0.6) is 5.75 Å². The molecule has 0 aromatic heterocycles. The van der Waals surface area contributed by atoms with Gasteiger partial charge in [-0.05, 0) is 54.6 Å². The molecule has 4 aromatic carbocycles. The maximum atomic E-state index is 13.8. The summed E-state index contributed by atoms with van der Waals surface area (Å²) in [6.07, 6.45) is 0. The normalized spacial score (nSPS) is 12.3. The Balaban J connectivity index is 1.48. The largest absolute Gasteiger partial charge is 0.423 e. The standard InChI is InChI=1S/C30H14Cl6N2O6/c31-18-11-8-16(12-19(18)32)27(40)37(38-28(41)21-22(29(38)42)24(34)26(36)25(35)23(21)33)13-20(39)14-6-9-17(10-7-14)44-30(43)15-4-2-1-3-5-15/h1-12H,13H2. The second-order valence-corrected chi connectivity index (χ2v) is 11.4. The Kier molecular flexibility index (Phi) is 9.23. The van der Waals surface area contributed by atoms with Gasteiger partial charge in [-0.2, -0.15) is 5.01 Å². The monoisotopic (exact) mass is 708 g/mol. The number of hydrogen-bond acceptors (Lipinski definition) is 6. The number of imide groups is 1. The summed E-state index contributed by atoms with van der Waals surface area (Å²) in [6, 6.07) is 17.6. The molecule has 0 bridgehead atoms. The van der Waals surface area contributed by atoms with Crippen molar-refractivity contribution in [2.45, 2.75) is 0 Å². The highest BCUT2D eigenvalue weighted by Crippen LogP contribution is 2.45. The number of carbonyl (C=O) groups is 5. The van der Waals surface area contributed by atoms with Gasteiger partial charge in [0.05, 0.1) is 46.8 Å². The molecule has 0 atom stereocenters. The molecular weight excluding hydrogens is 697 g/mol. The van der Waals surface area contributed by atoms with Gasteiger partial charge in [0.2, 0.25) is 0 Å². The topological polar surface area (TPSA) is 101 Å². The minimum atomic E-state index is -1.07. The highest BCUT2D eigenvalue weighted by atomic mass is 35.5. The van der Waals surface area contributed by atoms with Crippen molar-refractivity contribution < 1.29 is 28.7 Å². The number of nitrogens with zero attached hydrogens (tertiary/aromatic N) is 2. The number of hydrogen-bond donors (Lipinski definition) is 0. The Labute approximate surface area is 279 Å². The van der Waals surface area contributed by atoms with Crippen LogP contribution in [-0.4, -0.2) is 46.0 Å². The lowest BCUT2D eigenvalue weighted by Crippen LogP contribution is -2.51. The van der Waals surface area contributed by atoms with Gasteiger partial charge < -0.3 is 4.74 Å². The average molecular weight is 711 g/mol. The van der Waals surface area contributed by atoms with E-state index < -0.39 is 36.0 Å². The van der Waals surface area contributed by atoms with Crippen molar-refractivity contribution >= 4 is 99.1 Å². The van der Waals surface area contributed by atoms with Crippen LogP contribution < -0.4 is 4.74 Å². The van der Waals surface area contributed by atoms with Gasteiger partial charge in [0, 0.05) is 11.1 Å². The summed E-state index contributed by atoms with van der Waals surface area (Å²) in [5.41, 5.74) is -0.483. The lowest BCUT2D eigenvalue weighted by atomic mass is 10.1. The fourth-order valence-corrected chi connectivity index (χ4v) is 5.56. The van der Waals surface area contributed by atoms with E-state index in [0.29, 0.717) is 15.6 Å². The van der Waals surface area contributed by atoms with Crippen LogP contribution in [0.25, 0.3) is 0 Å². The molecule has 222 valence electrons. The van der Waals surface area contributed by atoms with Crippen LogP contribution in [0.4, 0.5) is 0 Å². The van der Waals surface area contributed by atoms with Crippen LogP contribution in [0.15, 0.2) is 72.8 Å². The van der Waals surface area contributed by atoms with Gasteiger partial charge in [-0.3, -0.25) is 19.2 Å². The molecule has 0 saturated heterocycles. The zero-order valence-corrected chi connectivity index (χ0v) is 26.3. The summed E-state index contributed by atoms with van der Waals surface area (Å²) in [5.74, 6) is -4.24. The van der Waals surface area contributed by atoms with Crippen molar-refractivity contribution in [2.75, 3.05) is 6.54 Å². The Morgan fingerprint density at radius 1 is 0.636 bits per heavy atom. The minimum absolute atomic E-state index is 0.0106. The molecule has 0 N–H and O–H groups in total. The first-order valence-electron chi connectivity index (χ1n) is 12.3. The number of esters is 1. The van der Waals surface area contributed by atoms with E-state index in [4.69, 9.17) is 74.3 Å². The highest BCUT2D eigenvalue weighted by Gasteiger charge is 2.46. The number of halogens is 6. The molecule has 0 aliphatic carbocycles. The zero-order valence-electron chi connectivity index (χ0n) is 21.7. The first-order valence-corrected chi connectivity index (χ1v) is 14.6. The van der Waals surface area contributed by atoms with Gasteiger partial charge in [-0.25, -0.2) is 9.80 Å². The number of ether oxygens (including phenoxy) is 1. The lowest BCUT2D eigenvalue weighted by molar-refractivity contribution is 0.00532. The van der Waals surface area contributed by atoms with Gasteiger partial charge in [-0.1, -0.05) is 87.8 Å². The molecule has 0 radical (unpaired) electrons. The highest BCUT2D eigenvalue weighted by molar-refractivity contribution is 6.55. The summed E-state index contributed by atoms with van der Waals surface area (Å²) >= 11 is 36.8. The quantitative estimate of drug-likeness (QED) is 0.0477. The molecule has 0 spiro atoms. The van der Waals surface area contributed by atoms with E-state index in [0.717, 1.165) is 0 Å². The number of ketones is 1. The van der Waals surface area contributed by atoms with E-state index in [2.05, 4.69) is 0 Å². The number of benzene rings is 4. The van der Waals surface area contributed by atoms with Gasteiger partial charge in [0.25, 0.3) is 17.7 Å². The van der Waals surface area contributed by atoms with E-state index in [-0.39, 0.29) is 58.1 Å². The predicted octanol–water partition coefficient (Wildman–Crippen LogP) is 8.36. The maximum absolute atomic E-state index is 13.8. The van der Waals surface area contributed by atoms with Crippen molar-refractivity contribution in [2.24, 2.45) is 0 Å². The molecule has 1 heterocycles. The van der Waals surface area contributed by atoms with Crippen LogP contribution in [0.1, 0.15) is 51.8 Å². The third-order valence-electron chi connectivity index (χ3n) is 6.41. The van der Waals surface area contributed by atoms with E-state index in [9.17, 15) is 24.0 Å². The van der Waals surface area contributed by atoms with E-state index in [1.54, 1.807) is 30.3 Å². The van der Waals surface area contributed by atoms with Crippen molar-refractivity contribution in [3.8, 4) is 5.75 Å². The third-order valence-corrected chi connectivity index (χ3v) is 8.95. The fraction of sp³-hybridized carbons (Fsp3) is 0.0333. The van der Waals surface area contributed by atoms with Crippen molar-refractivity contribution in [3.63, 3.8) is 0 Å². The van der Waals surface area contributed by atoms with E-state index in [1.165, 1.54) is 42.5 Å². The molecule has 4 aromatic rings. The summed E-state index contributed by atoms with van der Waals surface area (Å²) in [6.45, 7) is -0.801. The molecule has 0 fully saturated rings. The number of fused-ring (bicyclic) bond motifs is 1. The zero-order chi connectivity index (χ0) is 31.9. The number of hydrazine groups is 1. The van der Waals surface area contributed by atoms with Gasteiger partial charge in [0.15, 0.2) is 5.78 Å². The molecule has 1 aliphatic rings. The summed E-state index contributed by atoms with van der Waals surface area (Å²) in [5, 5.41) is -0.0354. The Bertz CT molecular complexity index is 1830. The van der Waals surface area contributed by atoms with Crippen molar-refractivity contribution in [3.05, 3.63) is 131 Å². The SMILES string of the molecule is O=C(CN(C(=O)c1ccc(Cl)c(Cl)c1)N1C(=O)c2c(Cl)c(Cl)c(Cl)c(Cl)c2C1=O)c1ccc(OC(=O)c2ccccc2)cc1. The number of amides is 3. The molecule has 0 saturated carbocycles. The van der Waals surface area contributed by atoms with Crippen molar-refractivity contribution in [1.29, 1.82) is 0 Å². The molecule has 44 heavy (non-hydrogen) atoms. The first-order chi connectivity index (χ1) is 20.9. The molecule has 0 unspecified atom stereocenters. The molecule has 1 aliphatic heterocycles. The van der Waals surface area contributed by atoms with Gasteiger partial charge >= 0.3 is 5.97 Å². The molecule has 5 rings (SSSR count). The number of carbonyl (C=O) groups excluding carboxylic acids is 5. The second kappa shape index (κ2) is 12.8. The number of rotatable bonds is 7. The Morgan fingerprint density at radius 3 is 1.73 bits per heavy atom. The Hall–Kier alpha value is -3.63.